The molecule has 1 unspecified atom stereocenters. The van der Waals surface area contributed by atoms with E-state index in [1.807, 2.05) is 11.8 Å². The zero-order valence-corrected chi connectivity index (χ0v) is 20.1. The minimum absolute atomic E-state index is 0.676. The van der Waals surface area contributed by atoms with Gasteiger partial charge in [0.1, 0.15) is 0 Å². The van der Waals surface area contributed by atoms with Gasteiger partial charge in [-0.15, -0.1) is 0 Å². The van der Waals surface area contributed by atoms with E-state index in [2.05, 4.69) is 61.0 Å². The lowest BCUT2D eigenvalue weighted by molar-refractivity contribution is 0.0876. The first kappa shape index (κ1) is 19.0. The predicted octanol–water partition coefficient (Wildman–Crippen LogP) is 6.36. The van der Waals surface area contributed by atoms with Crippen LogP contribution in [0.3, 0.4) is 0 Å². The van der Waals surface area contributed by atoms with Crippen molar-refractivity contribution in [1.82, 2.24) is 9.88 Å². The summed E-state index contributed by atoms with van der Waals surface area (Å²) in [6.07, 6.45) is 8.83. The third kappa shape index (κ3) is 3.25. The number of H-pyrrole nitrogens is 1. The van der Waals surface area contributed by atoms with Crippen molar-refractivity contribution in [2.24, 2.45) is 11.8 Å². The van der Waals surface area contributed by atoms with E-state index in [0.29, 0.717) is 12.0 Å². The van der Waals surface area contributed by atoms with Crippen molar-refractivity contribution in [1.29, 1.82) is 0 Å². The summed E-state index contributed by atoms with van der Waals surface area (Å²) in [6, 6.07) is 3.12. The van der Waals surface area contributed by atoms with Crippen molar-refractivity contribution in [3.8, 4) is 0 Å². The first-order valence-electron chi connectivity index (χ1n) is 10.3. The van der Waals surface area contributed by atoms with Gasteiger partial charge in [0.2, 0.25) is 0 Å². The summed E-state index contributed by atoms with van der Waals surface area (Å²) in [5.41, 5.74) is 5.95. The smallest absolute Gasteiger partial charge is 0.0617 e. The summed E-state index contributed by atoms with van der Waals surface area (Å²) < 4.78 is 2.38. The Hall–Kier alpha value is 0.0300. The van der Waals surface area contributed by atoms with Gasteiger partial charge in [0.25, 0.3) is 0 Å². The Morgan fingerprint density at radius 2 is 2.07 bits per heavy atom. The van der Waals surface area contributed by atoms with E-state index in [1.54, 1.807) is 11.1 Å². The number of thioether (sulfide) groups is 1. The number of aromatic nitrogens is 1. The van der Waals surface area contributed by atoms with Gasteiger partial charge >= 0.3 is 0 Å². The number of halogens is 2. The highest BCUT2D eigenvalue weighted by Crippen LogP contribution is 2.50. The minimum Gasteiger partial charge on any atom is -0.357 e. The molecule has 1 aromatic carbocycles. The highest BCUT2D eigenvalue weighted by atomic mass is 79.9. The third-order valence-corrected chi connectivity index (χ3v) is 9.75. The first-order valence-corrected chi connectivity index (χ1v) is 13.3. The lowest BCUT2D eigenvalue weighted by Gasteiger charge is -2.47. The van der Waals surface area contributed by atoms with Crippen LogP contribution in [-0.2, 0) is 12.8 Å². The maximum Gasteiger partial charge on any atom is 0.0617 e. The van der Waals surface area contributed by atoms with Gasteiger partial charge in [0.05, 0.1) is 9.99 Å². The largest absolute Gasteiger partial charge is 0.357 e. The molecule has 27 heavy (non-hydrogen) atoms. The Morgan fingerprint density at radius 1 is 1.26 bits per heavy atom. The van der Waals surface area contributed by atoms with Gasteiger partial charge in [0, 0.05) is 40.6 Å². The SMILES string of the molecule is CCc1[nH]c2c(Br)c(Br)cc3c2c1C[C@@H]1C3C[C@@H](CSC)CN1CC1CC1. The molecule has 5 heteroatoms. The highest BCUT2D eigenvalue weighted by Gasteiger charge is 2.43. The number of nitrogens with one attached hydrogen (secondary N) is 1. The fourth-order valence-corrected chi connectivity index (χ4v) is 7.18. The Bertz CT molecular complexity index is 873. The molecule has 2 nitrogen and oxygen atoms in total. The maximum absolute atomic E-state index is 3.83. The molecule has 1 saturated heterocycles. The average molecular weight is 512 g/mol. The number of aromatic amines is 1. The zero-order valence-electron chi connectivity index (χ0n) is 16.2. The summed E-state index contributed by atoms with van der Waals surface area (Å²) in [5, 5.41) is 1.53. The third-order valence-electron chi connectivity index (χ3n) is 6.96. The van der Waals surface area contributed by atoms with Gasteiger partial charge in [0.15, 0.2) is 0 Å². The van der Waals surface area contributed by atoms with E-state index in [4.69, 9.17) is 0 Å². The number of aryl methyl sites for hydroxylation is 1. The molecule has 2 heterocycles. The molecular formula is C22H28Br2N2S. The Morgan fingerprint density at radius 3 is 2.78 bits per heavy atom. The van der Waals surface area contributed by atoms with E-state index in [0.717, 1.165) is 18.3 Å². The second kappa shape index (κ2) is 7.37. The summed E-state index contributed by atoms with van der Waals surface area (Å²) >= 11 is 9.69. The van der Waals surface area contributed by atoms with Crippen LogP contribution in [0.15, 0.2) is 15.0 Å². The van der Waals surface area contributed by atoms with E-state index in [-0.39, 0.29) is 0 Å². The molecule has 2 fully saturated rings. The lowest BCUT2D eigenvalue weighted by Crippen LogP contribution is -2.51. The lowest BCUT2D eigenvalue weighted by atomic mass is 9.72. The Kier molecular flexibility index (Phi) is 5.19. The molecule has 5 rings (SSSR count). The monoisotopic (exact) mass is 510 g/mol. The summed E-state index contributed by atoms with van der Waals surface area (Å²) in [4.78, 5) is 6.66. The number of likely N-dealkylation sites (tertiary alicyclic amines) is 1. The van der Waals surface area contributed by atoms with Crippen molar-refractivity contribution in [2.75, 3.05) is 25.1 Å². The van der Waals surface area contributed by atoms with Gasteiger partial charge in [-0.3, -0.25) is 4.90 Å². The van der Waals surface area contributed by atoms with Crippen LogP contribution in [0.2, 0.25) is 0 Å². The number of hydrogen-bond donors (Lipinski definition) is 1. The second-order valence-electron chi connectivity index (χ2n) is 8.78. The van der Waals surface area contributed by atoms with Crippen LogP contribution in [0.1, 0.15) is 48.9 Å². The molecule has 1 aliphatic heterocycles. The minimum atomic E-state index is 0.676. The number of nitrogens with zero attached hydrogens (tertiary/aromatic N) is 1. The van der Waals surface area contributed by atoms with Crippen LogP contribution in [0.4, 0.5) is 0 Å². The van der Waals surface area contributed by atoms with Crippen molar-refractivity contribution < 1.29 is 0 Å². The van der Waals surface area contributed by atoms with E-state index < -0.39 is 0 Å². The quantitative estimate of drug-likeness (QED) is 0.503. The molecule has 1 N–H and O–H groups in total. The second-order valence-corrected chi connectivity index (χ2v) is 11.3. The number of piperidine rings is 1. The highest BCUT2D eigenvalue weighted by molar-refractivity contribution is 9.13. The molecule has 3 atom stereocenters. The predicted molar refractivity (Wildman–Crippen MR) is 124 cm³/mol. The molecule has 0 bridgehead atoms. The molecule has 2 aromatic rings. The molecule has 1 saturated carbocycles. The standard InChI is InChI=1S/C22H28Br2N2S/c1-3-18-16-8-19-14(15-7-17(23)21(24)22(25-18)20(15)16)6-13(11-27-2)10-26(19)9-12-4-5-12/h7,12-14,19,25H,3-6,8-11H2,1-2H3/t13-,14?,19-/m1/s1. The average Bonchev–Trinajstić information content (AvgIpc) is 3.39. The van der Waals surface area contributed by atoms with E-state index in [1.165, 1.54) is 70.1 Å². The van der Waals surface area contributed by atoms with E-state index in [9.17, 15) is 0 Å². The Balaban J connectivity index is 1.63. The molecule has 0 amide bonds. The van der Waals surface area contributed by atoms with Crippen LogP contribution in [0.25, 0.3) is 10.9 Å². The molecule has 3 aliphatic rings. The maximum atomic E-state index is 3.83. The van der Waals surface area contributed by atoms with Crippen molar-refractivity contribution in [2.45, 2.75) is 51.0 Å². The fraction of sp³-hybridized carbons (Fsp3) is 0.636. The van der Waals surface area contributed by atoms with Gasteiger partial charge in [-0.25, -0.2) is 0 Å². The van der Waals surface area contributed by atoms with Crippen LogP contribution in [0.5, 0.6) is 0 Å². The number of fused-ring (bicyclic) bond motifs is 2. The van der Waals surface area contributed by atoms with E-state index >= 15 is 0 Å². The topological polar surface area (TPSA) is 19.0 Å². The number of benzene rings is 1. The molecule has 1 aromatic heterocycles. The van der Waals surface area contributed by atoms with Crippen molar-refractivity contribution >= 4 is 54.5 Å². The summed E-state index contributed by atoms with van der Waals surface area (Å²) in [6.45, 7) is 4.92. The first-order chi connectivity index (χ1) is 13.1. The summed E-state index contributed by atoms with van der Waals surface area (Å²) in [5.74, 6) is 3.76. The normalized spacial score (nSPS) is 27.9. The molecule has 0 radical (unpaired) electrons. The van der Waals surface area contributed by atoms with Crippen LogP contribution in [-0.4, -0.2) is 41.0 Å². The molecule has 146 valence electrons. The molecular weight excluding hydrogens is 484 g/mol. The number of rotatable bonds is 5. The van der Waals surface area contributed by atoms with Crippen LogP contribution < -0.4 is 0 Å². The van der Waals surface area contributed by atoms with Crippen molar-refractivity contribution in [3.63, 3.8) is 0 Å². The molecule has 2 aliphatic carbocycles. The Labute approximate surface area is 183 Å². The summed E-state index contributed by atoms with van der Waals surface area (Å²) in [7, 11) is 0. The van der Waals surface area contributed by atoms with Crippen LogP contribution in [0, 0.1) is 11.8 Å². The van der Waals surface area contributed by atoms with Gasteiger partial charge in [-0.2, -0.15) is 11.8 Å². The van der Waals surface area contributed by atoms with Crippen LogP contribution >= 0.6 is 43.6 Å². The van der Waals surface area contributed by atoms with Gasteiger partial charge in [-0.1, -0.05) is 6.92 Å². The zero-order chi connectivity index (χ0) is 18.7. The fourth-order valence-electron chi connectivity index (χ4n) is 5.61. The molecule has 0 spiro atoms. The van der Waals surface area contributed by atoms with Gasteiger partial charge < -0.3 is 4.98 Å². The number of hydrogen-bond acceptors (Lipinski definition) is 2. The van der Waals surface area contributed by atoms with Crippen molar-refractivity contribution in [3.05, 3.63) is 31.8 Å². The van der Waals surface area contributed by atoms with Gasteiger partial charge in [-0.05, 0) is 105 Å².